The van der Waals surface area contributed by atoms with Crippen LogP contribution < -0.4 is 5.32 Å². The number of carbonyl (C=O) groups excluding carboxylic acids is 1. The zero-order chi connectivity index (χ0) is 17.6. The van der Waals surface area contributed by atoms with Crippen molar-refractivity contribution >= 4 is 5.91 Å². The first kappa shape index (κ1) is 16.8. The summed E-state index contributed by atoms with van der Waals surface area (Å²) in [5, 5.41) is 10.6. The van der Waals surface area contributed by atoms with Gasteiger partial charge in [0.15, 0.2) is 0 Å². The molecule has 0 aliphatic heterocycles. The largest absolute Gasteiger partial charge is 0.421 e. The van der Waals surface area contributed by atoms with Crippen LogP contribution in [0.4, 0.5) is 4.39 Å². The van der Waals surface area contributed by atoms with Crippen LogP contribution in [0.3, 0.4) is 0 Å². The van der Waals surface area contributed by atoms with Crippen molar-refractivity contribution in [2.45, 2.75) is 26.3 Å². The summed E-state index contributed by atoms with van der Waals surface area (Å²) in [6, 6.07) is 14.1. The highest BCUT2D eigenvalue weighted by Crippen LogP contribution is 2.18. The first-order chi connectivity index (χ1) is 12.1. The van der Waals surface area contributed by atoms with Crippen molar-refractivity contribution in [2.24, 2.45) is 0 Å². The van der Waals surface area contributed by atoms with Gasteiger partial charge in [0.25, 0.3) is 0 Å². The van der Waals surface area contributed by atoms with Gasteiger partial charge < -0.3 is 9.73 Å². The Labute approximate surface area is 144 Å². The average Bonchev–Trinajstić information content (AvgIpc) is 3.09. The Bertz CT molecular complexity index is 859. The SMILES string of the molecule is Cc1ccc(-c2nnc(CCC(=O)NCc3ccccc3F)o2)cc1. The molecule has 6 heteroatoms. The molecule has 3 rings (SSSR count). The van der Waals surface area contributed by atoms with Crippen LogP contribution in [-0.4, -0.2) is 16.1 Å². The zero-order valence-electron chi connectivity index (χ0n) is 13.8. The third kappa shape index (κ3) is 4.50. The van der Waals surface area contributed by atoms with Crippen molar-refractivity contribution in [2.75, 3.05) is 0 Å². The minimum atomic E-state index is -0.331. The van der Waals surface area contributed by atoms with Gasteiger partial charge in [-0.2, -0.15) is 0 Å². The average molecular weight is 339 g/mol. The van der Waals surface area contributed by atoms with Crippen molar-refractivity contribution in [3.63, 3.8) is 0 Å². The fourth-order valence-corrected chi connectivity index (χ4v) is 2.31. The molecule has 0 spiro atoms. The van der Waals surface area contributed by atoms with Crippen molar-refractivity contribution in [1.82, 2.24) is 15.5 Å². The number of nitrogens with zero attached hydrogens (tertiary/aromatic N) is 2. The fraction of sp³-hybridized carbons (Fsp3) is 0.211. The lowest BCUT2D eigenvalue weighted by atomic mass is 10.1. The van der Waals surface area contributed by atoms with E-state index in [0.717, 1.165) is 11.1 Å². The summed E-state index contributed by atoms with van der Waals surface area (Å²) in [5.74, 6) is 0.305. The molecule has 0 aliphatic carbocycles. The smallest absolute Gasteiger partial charge is 0.247 e. The molecule has 2 aromatic carbocycles. The summed E-state index contributed by atoms with van der Waals surface area (Å²) in [6.07, 6.45) is 0.534. The highest BCUT2D eigenvalue weighted by molar-refractivity contribution is 5.76. The highest BCUT2D eigenvalue weighted by Gasteiger charge is 2.11. The van der Waals surface area contributed by atoms with E-state index in [4.69, 9.17) is 4.42 Å². The molecule has 5 nitrogen and oxygen atoms in total. The van der Waals surface area contributed by atoms with E-state index >= 15 is 0 Å². The molecule has 1 heterocycles. The number of nitrogens with one attached hydrogen (secondary N) is 1. The van der Waals surface area contributed by atoms with E-state index in [9.17, 15) is 9.18 Å². The highest BCUT2D eigenvalue weighted by atomic mass is 19.1. The standard InChI is InChI=1S/C19H18FN3O2/c1-13-6-8-14(9-7-13)19-23-22-18(25-19)11-10-17(24)21-12-15-4-2-3-5-16(15)20/h2-9H,10-12H2,1H3,(H,21,24). The number of amides is 1. The molecule has 128 valence electrons. The van der Waals surface area contributed by atoms with Crippen LogP contribution in [0, 0.1) is 12.7 Å². The third-order valence-electron chi connectivity index (χ3n) is 3.77. The van der Waals surface area contributed by atoms with E-state index in [-0.39, 0.29) is 24.7 Å². The lowest BCUT2D eigenvalue weighted by Crippen LogP contribution is -2.23. The zero-order valence-corrected chi connectivity index (χ0v) is 13.8. The van der Waals surface area contributed by atoms with E-state index in [0.29, 0.717) is 23.8 Å². The van der Waals surface area contributed by atoms with Crippen LogP contribution in [-0.2, 0) is 17.8 Å². The Kier molecular flexibility index (Phi) is 5.18. The first-order valence-corrected chi connectivity index (χ1v) is 8.01. The Balaban J connectivity index is 1.51. The number of aryl methyl sites for hydroxylation is 2. The van der Waals surface area contributed by atoms with Crippen LogP contribution in [0.2, 0.25) is 0 Å². The normalized spacial score (nSPS) is 10.6. The monoisotopic (exact) mass is 339 g/mol. The first-order valence-electron chi connectivity index (χ1n) is 8.01. The van der Waals surface area contributed by atoms with Gasteiger partial charge in [-0.25, -0.2) is 4.39 Å². The van der Waals surface area contributed by atoms with Gasteiger partial charge in [0.2, 0.25) is 17.7 Å². The molecular formula is C19H18FN3O2. The second-order valence-corrected chi connectivity index (χ2v) is 5.74. The molecule has 0 radical (unpaired) electrons. The third-order valence-corrected chi connectivity index (χ3v) is 3.77. The molecule has 0 bridgehead atoms. The molecule has 1 amide bonds. The molecule has 0 saturated carbocycles. The van der Waals surface area contributed by atoms with Crippen molar-refractivity contribution < 1.29 is 13.6 Å². The van der Waals surface area contributed by atoms with Crippen LogP contribution in [0.1, 0.15) is 23.4 Å². The van der Waals surface area contributed by atoms with Gasteiger partial charge in [0.05, 0.1) is 0 Å². The van der Waals surface area contributed by atoms with Crippen molar-refractivity contribution in [3.8, 4) is 11.5 Å². The van der Waals surface area contributed by atoms with Gasteiger partial charge in [0, 0.05) is 30.5 Å². The van der Waals surface area contributed by atoms with Crippen molar-refractivity contribution in [3.05, 3.63) is 71.4 Å². The summed E-state index contributed by atoms with van der Waals surface area (Å²) >= 11 is 0. The van der Waals surface area contributed by atoms with E-state index in [1.807, 2.05) is 31.2 Å². The molecule has 0 atom stereocenters. The summed E-state index contributed by atoms with van der Waals surface area (Å²) < 4.78 is 19.1. The van der Waals surface area contributed by atoms with Gasteiger partial charge >= 0.3 is 0 Å². The summed E-state index contributed by atoms with van der Waals surface area (Å²) in [4.78, 5) is 11.9. The molecule has 0 aliphatic rings. The summed E-state index contributed by atoms with van der Waals surface area (Å²) in [6.45, 7) is 2.16. The maximum atomic E-state index is 13.5. The number of halogens is 1. The van der Waals surface area contributed by atoms with Crippen LogP contribution in [0.25, 0.3) is 11.5 Å². The van der Waals surface area contributed by atoms with Crippen LogP contribution in [0.5, 0.6) is 0 Å². The second kappa shape index (κ2) is 7.70. The van der Waals surface area contributed by atoms with E-state index in [1.165, 1.54) is 6.07 Å². The van der Waals surface area contributed by atoms with Gasteiger partial charge in [-0.3, -0.25) is 4.79 Å². The number of benzene rings is 2. The van der Waals surface area contributed by atoms with Gasteiger partial charge in [0.1, 0.15) is 5.82 Å². The molecule has 0 saturated heterocycles. The molecule has 0 fully saturated rings. The lowest BCUT2D eigenvalue weighted by molar-refractivity contribution is -0.121. The molecule has 1 aromatic heterocycles. The number of hydrogen-bond acceptors (Lipinski definition) is 4. The van der Waals surface area contributed by atoms with Crippen LogP contribution in [0.15, 0.2) is 52.9 Å². The summed E-state index contributed by atoms with van der Waals surface area (Å²) in [7, 11) is 0. The fourth-order valence-electron chi connectivity index (χ4n) is 2.31. The Hall–Kier alpha value is -3.02. The summed E-state index contributed by atoms with van der Waals surface area (Å²) in [5.41, 5.74) is 2.44. The number of hydrogen-bond donors (Lipinski definition) is 1. The maximum absolute atomic E-state index is 13.5. The Morgan fingerprint density at radius 1 is 1.12 bits per heavy atom. The Morgan fingerprint density at radius 2 is 1.88 bits per heavy atom. The van der Waals surface area contributed by atoms with Gasteiger partial charge in [-0.05, 0) is 25.1 Å². The topological polar surface area (TPSA) is 68.0 Å². The van der Waals surface area contributed by atoms with Crippen LogP contribution >= 0.6 is 0 Å². The molecule has 3 aromatic rings. The minimum Gasteiger partial charge on any atom is -0.421 e. The van der Waals surface area contributed by atoms with E-state index < -0.39 is 0 Å². The maximum Gasteiger partial charge on any atom is 0.247 e. The Morgan fingerprint density at radius 3 is 2.64 bits per heavy atom. The van der Waals surface area contributed by atoms with E-state index in [2.05, 4.69) is 15.5 Å². The second-order valence-electron chi connectivity index (χ2n) is 5.74. The van der Waals surface area contributed by atoms with Gasteiger partial charge in [-0.15, -0.1) is 10.2 Å². The van der Waals surface area contributed by atoms with E-state index in [1.54, 1.807) is 18.2 Å². The molecule has 25 heavy (non-hydrogen) atoms. The number of carbonyl (C=O) groups is 1. The lowest BCUT2D eigenvalue weighted by Gasteiger charge is -2.05. The molecule has 0 unspecified atom stereocenters. The predicted molar refractivity (Wildman–Crippen MR) is 91.0 cm³/mol. The molecular weight excluding hydrogens is 321 g/mol. The quantitative estimate of drug-likeness (QED) is 0.747. The molecule has 1 N–H and O–H groups in total. The minimum absolute atomic E-state index is 0.157. The number of aromatic nitrogens is 2. The van der Waals surface area contributed by atoms with Gasteiger partial charge in [-0.1, -0.05) is 35.9 Å². The van der Waals surface area contributed by atoms with Crippen molar-refractivity contribution in [1.29, 1.82) is 0 Å². The predicted octanol–water partition coefficient (Wildman–Crippen LogP) is 3.43. The number of rotatable bonds is 6.